The van der Waals surface area contributed by atoms with Crippen LogP contribution in [0.1, 0.15) is 50.5 Å². The Morgan fingerprint density at radius 3 is 2.85 bits per heavy atom. The lowest BCUT2D eigenvalue weighted by molar-refractivity contribution is -0.138. The number of rotatable bonds is 6. The number of thioether (sulfide) groups is 1. The van der Waals surface area contributed by atoms with Crippen molar-refractivity contribution in [2.45, 2.75) is 46.0 Å². The zero-order chi connectivity index (χ0) is 18.7. The SMILES string of the molecule is CCSCCOC(=O)C1=C(C)NC2=C(C(=O)CCC2)[C@@H]1c1ccc(C)o1. The number of ether oxygens (including phenoxy) is 1. The molecule has 0 spiro atoms. The molecule has 0 radical (unpaired) electrons. The van der Waals surface area contributed by atoms with Gasteiger partial charge in [-0.15, -0.1) is 0 Å². The Morgan fingerprint density at radius 2 is 2.15 bits per heavy atom. The van der Waals surface area contributed by atoms with E-state index in [9.17, 15) is 9.59 Å². The number of aryl methyl sites for hydroxylation is 1. The number of esters is 1. The summed E-state index contributed by atoms with van der Waals surface area (Å²) in [6.45, 7) is 6.15. The van der Waals surface area contributed by atoms with Crippen LogP contribution in [0.3, 0.4) is 0 Å². The van der Waals surface area contributed by atoms with Gasteiger partial charge in [-0.1, -0.05) is 6.92 Å². The molecule has 0 saturated heterocycles. The minimum atomic E-state index is -0.487. The van der Waals surface area contributed by atoms with Gasteiger partial charge in [-0.2, -0.15) is 11.8 Å². The molecule has 0 fully saturated rings. The summed E-state index contributed by atoms with van der Waals surface area (Å²) in [5.74, 6) is 2.35. The molecule has 1 aromatic heterocycles. The fourth-order valence-corrected chi connectivity index (χ4v) is 4.05. The molecule has 6 heteroatoms. The number of allylic oxidation sites excluding steroid dienone is 3. The quantitative estimate of drug-likeness (QED) is 0.602. The summed E-state index contributed by atoms with van der Waals surface area (Å²) < 4.78 is 11.3. The zero-order valence-electron chi connectivity index (χ0n) is 15.5. The lowest BCUT2D eigenvalue weighted by Crippen LogP contribution is -2.34. The first-order chi connectivity index (χ1) is 12.5. The minimum Gasteiger partial charge on any atom is -0.465 e. The molecule has 3 rings (SSSR count). The van der Waals surface area contributed by atoms with Crippen molar-refractivity contribution in [2.75, 3.05) is 18.1 Å². The Bertz CT molecular complexity index is 775. The molecule has 5 nitrogen and oxygen atoms in total. The maximum Gasteiger partial charge on any atom is 0.336 e. The highest BCUT2D eigenvalue weighted by Gasteiger charge is 2.40. The first-order valence-electron chi connectivity index (χ1n) is 9.08. The van der Waals surface area contributed by atoms with Crippen molar-refractivity contribution in [3.8, 4) is 0 Å². The monoisotopic (exact) mass is 375 g/mol. The molecular weight excluding hydrogens is 350 g/mol. The highest BCUT2D eigenvalue weighted by atomic mass is 32.2. The second-order valence-corrected chi connectivity index (χ2v) is 7.94. The number of hydrogen-bond acceptors (Lipinski definition) is 6. The van der Waals surface area contributed by atoms with E-state index in [1.807, 2.05) is 26.0 Å². The summed E-state index contributed by atoms with van der Waals surface area (Å²) in [5, 5.41) is 3.28. The summed E-state index contributed by atoms with van der Waals surface area (Å²) in [7, 11) is 0. The van der Waals surface area contributed by atoms with Crippen LogP contribution >= 0.6 is 11.8 Å². The van der Waals surface area contributed by atoms with E-state index in [0.717, 1.165) is 41.5 Å². The average Bonchev–Trinajstić information content (AvgIpc) is 3.03. The smallest absolute Gasteiger partial charge is 0.336 e. The molecule has 1 aromatic rings. The van der Waals surface area contributed by atoms with Crippen LogP contribution in [0.2, 0.25) is 0 Å². The molecular formula is C20H25NO4S. The van der Waals surface area contributed by atoms with Crippen molar-refractivity contribution in [1.29, 1.82) is 0 Å². The number of carbonyl (C=O) groups is 2. The van der Waals surface area contributed by atoms with E-state index in [4.69, 9.17) is 9.15 Å². The van der Waals surface area contributed by atoms with Crippen molar-refractivity contribution < 1.29 is 18.7 Å². The van der Waals surface area contributed by atoms with Crippen molar-refractivity contribution in [1.82, 2.24) is 5.32 Å². The number of hydrogen-bond donors (Lipinski definition) is 1. The molecule has 1 N–H and O–H groups in total. The molecule has 2 heterocycles. The fraction of sp³-hybridized carbons (Fsp3) is 0.500. The van der Waals surface area contributed by atoms with Gasteiger partial charge in [0.2, 0.25) is 0 Å². The number of furan rings is 1. The molecule has 140 valence electrons. The van der Waals surface area contributed by atoms with Gasteiger partial charge in [-0.05, 0) is 44.6 Å². The predicted molar refractivity (Wildman–Crippen MR) is 102 cm³/mol. The van der Waals surface area contributed by atoms with Gasteiger partial charge in [0, 0.05) is 29.1 Å². The number of ketones is 1. The van der Waals surface area contributed by atoms with Crippen LogP contribution < -0.4 is 5.32 Å². The summed E-state index contributed by atoms with van der Waals surface area (Å²) in [4.78, 5) is 25.5. The van der Waals surface area contributed by atoms with E-state index in [0.29, 0.717) is 29.9 Å². The van der Waals surface area contributed by atoms with Crippen molar-refractivity contribution in [2.24, 2.45) is 0 Å². The van der Waals surface area contributed by atoms with E-state index >= 15 is 0 Å². The second kappa shape index (κ2) is 8.16. The highest BCUT2D eigenvalue weighted by molar-refractivity contribution is 7.99. The van der Waals surface area contributed by atoms with Crippen LogP contribution in [0, 0.1) is 6.92 Å². The lowest BCUT2D eigenvalue weighted by atomic mass is 9.77. The van der Waals surface area contributed by atoms with Gasteiger partial charge < -0.3 is 14.5 Å². The average molecular weight is 375 g/mol. The van der Waals surface area contributed by atoms with Gasteiger partial charge in [0.15, 0.2) is 5.78 Å². The van der Waals surface area contributed by atoms with Gasteiger partial charge in [0.1, 0.15) is 18.1 Å². The fourth-order valence-electron chi connectivity index (χ4n) is 3.56. The Morgan fingerprint density at radius 1 is 1.35 bits per heavy atom. The Labute approximate surface area is 158 Å². The van der Waals surface area contributed by atoms with E-state index < -0.39 is 5.92 Å². The standard InChI is InChI=1S/C20H25NO4S/c1-4-26-11-10-24-20(23)17-13(3)21-14-6-5-7-15(22)18(14)19(17)16-9-8-12(2)25-16/h8-9,19,21H,4-7,10-11H2,1-3H3/t19-/m1/s1. The number of nitrogens with one attached hydrogen (secondary N) is 1. The molecule has 0 amide bonds. The second-order valence-electron chi connectivity index (χ2n) is 6.55. The van der Waals surface area contributed by atoms with Crippen molar-refractivity contribution in [3.63, 3.8) is 0 Å². The van der Waals surface area contributed by atoms with Crippen LogP contribution in [0.15, 0.2) is 39.1 Å². The topological polar surface area (TPSA) is 68.5 Å². The van der Waals surface area contributed by atoms with Gasteiger partial charge in [0.25, 0.3) is 0 Å². The predicted octanol–water partition coefficient (Wildman–Crippen LogP) is 3.85. The first kappa shape index (κ1) is 18.8. The lowest BCUT2D eigenvalue weighted by Gasteiger charge is -2.32. The summed E-state index contributed by atoms with van der Waals surface area (Å²) in [6.07, 6.45) is 2.14. The maximum absolute atomic E-state index is 12.8. The number of carbonyl (C=O) groups excluding carboxylic acids is 2. The maximum atomic E-state index is 12.8. The van der Waals surface area contributed by atoms with Crippen LogP contribution in [0.4, 0.5) is 0 Å². The zero-order valence-corrected chi connectivity index (χ0v) is 16.3. The molecule has 0 bridgehead atoms. The molecule has 0 aromatic carbocycles. The first-order valence-corrected chi connectivity index (χ1v) is 10.2. The van der Waals surface area contributed by atoms with E-state index in [1.165, 1.54) is 0 Å². The van der Waals surface area contributed by atoms with E-state index in [1.54, 1.807) is 11.8 Å². The van der Waals surface area contributed by atoms with Crippen molar-refractivity contribution >= 4 is 23.5 Å². The van der Waals surface area contributed by atoms with E-state index in [2.05, 4.69) is 12.2 Å². The molecule has 26 heavy (non-hydrogen) atoms. The van der Waals surface area contributed by atoms with Gasteiger partial charge in [0.05, 0.1) is 11.5 Å². The normalized spacial score (nSPS) is 20.1. The van der Waals surface area contributed by atoms with Crippen LogP contribution in [0.5, 0.6) is 0 Å². The third-order valence-corrected chi connectivity index (χ3v) is 5.57. The van der Waals surface area contributed by atoms with Gasteiger partial charge >= 0.3 is 5.97 Å². The molecule has 1 aliphatic heterocycles. The molecule has 0 saturated carbocycles. The Hall–Kier alpha value is -1.95. The summed E-state index contributed by atoms with van der Waals surface area (Å²) >= 11 is 1.73. The van der Waals surface area contributed by atoms with Crippen molar-refractivity contribution in [3.05, 3.63) is 46.2 Å². The third kappa shape index (κ3) is 3.75. The molecule has 1 atom stereocenters. The summed E-state index contributed by atoms with van der Waals surface area (Å²) in [5.41, 5.74) is 2.79. The Kier molecular flexibility index (Phi) is 5.91. The Balaban J connectivity index is 1.95. The third-order valence-electron chi connectivity index (χ3n) is 4.71. The van der Waals surface area contributed by atoms with Crippen LogP contribution in [-0.4, -0.2) is 29.9 Å². The van der Waals surface area contributed by atoms with Crippen LogP contribution in [-0.2, 0) is 14.3 Å². The molecule has 0 unspecified atom stereocenters. The minimum absolute atomic E-state index is 0.0807. The summed E-state index contributed by atoms with van der Waals surface area (Å²) in [6, 6.07) is 3.71. The van der Waals surface area contributed by atoms with Gasteiger partial charge in [-0.3, -0.25) is 4.79 Å². The largest absolute Gasteiger partial charge is 0.465 e. The number of Topliss-reactive ketones (excluding diaryl/α,β-unsaturated/α-hetero) is 1. The van der Waals surface area contributed by atoms with Crippen LogP contribution in [0.25, 0.3) is 0 Å². The van der Waals surface area contributed by atoms with Gasteiger partial charge in [-0.25, -0.2) is 4.79 Å². The molecule has 1 aliphatic carbocycles. The number of dihydropyridines is 1. The van der Waals surface area contributed by atoms with E-state index in [-0.39, 0.29) is 11.8 Å². The molecule has 2 aliphatic rings. The highest BCUT2D eigenvalue weighted by Crippen LogP contribution is 2.42.